The van der Waals surface area contributed by atoms with Crippen molar-refractivity contribution in [3.05, 3.63) is 53.6 Å². The van der Waals surface area contributed by atoms with Gasteiger partial charge in [-0.25, -0.2) is 9.97 Å². The van der Waals surface area contributed by atoms with Crippen molar-refractivity contribution in [2.45, 2.75) is 39.2 Å². The number of methoxy groups -OCH3 is 2. The molecule has 2 heterocycles. The number of hydrogen-bond acceptors (Lipinski definition) is 6. The van der Waals surface area contributed by atoms with Crippen LogP contribution in [0.5, 0.6) is 11.5 Å². The maximum atomic E-state index is 13.2. The van der Waals surface area contributed by atoms with Gasteiger partial charge in [0, 0.05) is 6.54 Å². The van der Waals surface area contributed by atoms with E-state index in [9.17, 15) is 4.79 Å². The van der Waals surface area contributed by atoms with Crippen molar-refractivity contribution < 1.29 is 14.3 Å². The van der Waals surface area contributed by atoms with Crippen molar-refractivity contribution in [1.29, 1.82) is 0 Å². The third-order valence-corrected chi connectivity index (χ3v) is 5.92. The van der Waals surface area contributed by atoms with Gasteiger partial charge in [-0.2, -0.15) is 0 Å². The standard InChI is InChI=1S/C26H31N5O3/c1-4-5-6-9-14-28-26(32)22-23-25(30-19-11-8-7-10-18(19)29-23)31(24(22)27)16-17-12-13-20(33-2)21(15-17)34-3/h7-8,10-13,15H,4-6,9,14,16,27H2,1-3H3,(H,28,32). The molecule has 8 heteroatoms. The highest BCUT2D eigenvalue weighted by Gasteiger charge is 2.24. The summed E-state index contributed by atoms with van der Waals surface area (Å²) >= 11 is 0. The highest BCUT2D eigenvalue weighted by atomic mass is 16.5. The first-order chi connectivity index (χ1) is 16.6. The Morgan fingerprint density at radius 1 is 1.00 bits per heavy atom. The van der Waals surface area contributed by atoms with Gasteiger partial charge in [-0.3, -0.25) is 4.79 Å². The van der Waals surface area contributed by atoms with Crippen LogP contribution in [0.3, 0.4) is 0 Å². The molecule has 4 rings (SSSR count). The number of hydrogen-bond donors (Lipinski definition) is 2. The number of anilines is 1. The van der Waals surface area contributed by atoms with Crippen LogP contribution < -0.4 is 20.5 Å². The maximum absolute atomic E-state index is 13.2. The Labute approximate surface area is 199 Å². The fourth-order valence-corrected chi connectivity index (χ4v) is 4.10. The number of amides is 1. The zero-order valence-corrected chi connectivity index (χ0v) is 19.9. The van der Waals surface area contributed by atoms with E-state index in [0.29, 0.717) is 47.1 Å². The number of para-hydroxylation sites is 2. The zero-order valence-electron chi connectivity index (χ0n) is 19.9. The second-order valence-corrected chi connectivity index (χ2v) is 8.24. The van der Waals surface area contributed by atoms with Crippen molar-refractivity contribution >= 4 is 33.9 Å². The molecule has 178 valence electrons. The van der Waals surface area contributed by atoms with Gasteiger partial charge in [0.25, 0.3) is 5.91 Å². The molecule has 0 fully saturated rings. The van der Waals surface area contributed by atoms with Crippen LogP contribution in [0, 0.1) is 0 Å². The van der Waals surface area contributed by atoms with Gasteiger partial charge < -0.3 is 25.1 Å². The molecule has 0 aliphatic heterocycles. The number of nitrogens with one attached hydrogen (secondary N) is 1. The summed E-state index contributed by atoms with van der Waals surface area (Å²) < 4.78 is 12.6. The lowest BCUT2D eigenvalue weighted by Gasteiger charge is -2.12. The molecule has 0 bridgehead atoms. The molecule has 0 aliphatic carbocycles. The molecule has 1 amide bonds. The molecule has 0 atom stereocenters. The molecule has 34 heavy (non-hydrogen) atoms. The van der Waals surface area contributed by atoms with Crippen molar-refractivity contribution in [3.63, 3.8) is 0 Å². The number of rotatable bonds is 10. The molecule has 0 aliphatic rings. The predicted molar refractivity (Wildman–Crippen MR) is 135 cm³/mol. The first-order valence-electron chi connectivity index (χ1n) is 11.6. The average Bonchev–Trinajstić information content (AvgIpc) is 3.12. The van der Waals surface area contributed by atoms with Crippen LogP contribution in [0.4, 0.5) is 5.82 Å². The number of aromatic nitrogens is 3. The van der Waals surface area contributed by atoms with Crippen molar-refractivity contribution in [2.75, 3.05) is 26.5 Å². The summed E-state index contributed by atoms with van der Waals surface area (Å²) in [7, 11) is 3.20. The maximum Gasteiger partial charge on any atom is 0.257 e. The normalized spacial score (nSPS) is 11.1. The topological polar surface area (TPSA) is 104 Å². The molecular weight excluding hydrogens is 430 g/mol. The van der Waals surface area contributed by atoms with Crippen molar-refractivity contribution in [3.8, 4) is 11.5 Å². The molecule has 4 aromatic rings. The van der Waals surface area contributed by atoms with Crippen molar-refractivity contribution in [1.82, 2.24) is 19.9 Å². The van der Waals surface area contributed by atoms with E-state index >= 15 is 0 Å². The fraction of sp³-hybridized carbons (Fsp3) is 0.346. The van der Waals surface area contributed by atoms with Crippen LogP contribution in [0.15, 0.2) is 42.5 Å². The van der Waals surface area contributed by atoms with Gasteiger partial charge in [-0.1, -0.05) is 44.4 Å². The highest BCUT2D eigenvalue weighted by Crippen LogP contribution is 2.31. The summed E-state index contributed by atoms with van der Waals surface area (Å²) in [5.41, 5.74) is 10.4. The molecule has 2 aromatic carbocycles. The van der Waals surface area contributed by atoms with E-state index in [1.807, 2.05) is 47.0 Å². The van der Waals surface area contributed by atoms with Gasteiger partial charge in [0.05, 0.1) is 31.8 Å². The Kier molecular flexibility index (Phi) is 7.15. The lowest BCUT2D eigenvalue weighted by molar-refractivity contribution is 0.0955. The second-order valence-electron chi connectivity index (χ2n) is 8.24. The monoisotopic (exact) mass is 461 g/mol. The number of nitrogens with zero attached hydrogens (tertiary/aromatic N) is 3. The fourth-order valence-electron chi connectivity index (χ4n) is 4.10. The molecule has 2 aromatic heterocycles. The molecule has 0 saturated carbocycles. The van der Waals surface area contributed by atoms with Gasteiger partial charge in [0.15, 0.2) is 17.1 Å². The van der Waals surface area contributed by atoms with E-state index in [4.69, 9.17) is 25.2 Å². The molecule has 3 N–H and O–H groups in total. The molecule has 8 nitrogen and oxygen atoms in total. The number of carbonyl (C=O) groups excluding carboxylic acids is 1. The third kappa shape index (κ3) is 4.62. The van der Waals surface area contributed by atoms with E-state index in [0.717, 1.165) is 42.3 Å². The van der Waals surface area contributed by atoms with Gasteiger partial charge >= 0.3 is 0 Å². The Morgan fingerprint density at radius 3 is 2.44 bits per heavy atom. The molecule has 0 radical (unpaired) electrons. The van der Waals surface area contributed by atoms with Gasteiger partial charge in [-0.05, 0) is 36.2 Å². The van der Waals surface area contributed by atoms with Crippen LogP contribution in [-0.4, -0.2) is 41.2 Å². The van der Waals surface area contributed by atoms with E-state index < -0.39 is 0 Å². The van der Waals surface area contributed by atoms with Crippen LogP contribution in [-0.2, 0) is 6.54 Å². The van der Waals surface area contributed by atoms with E-state index in [2.05, 4.69) is 12.2 Å². The Bertz CT molecular complexity index is 1320. The number of fused-ring (bicyclic) bond motifs is 2. The first kappa shape index (κ1) is 23.4. The zero-order chi connectivity index (χ0) is 24.1. The number of benzene rings is 2. The minimum Gasteiger partial charge on any atom is -0.493 e. The van der Waals surface area contributed by atoms with Crippen LogP contribution in [0.2, 0.25) is 0 Å². The predicted octanol–water partition coefficient (Wildman–Crippen LogP) is 4.54. The second kappa shape index (κ2) is 10.4. The SMILES string of the molecule is CCCCCCNC(=O)c1c(N)n(Cc2ccc(OC)c(OC)c2)c2nc3ccccc3nc12. The van der Waals surface area contributed by atoms with E-state index in [1.54, 1.807) is 14.2 Å². The number of ether oxygens (including phenoxy) is 2. The molecule has 0 spiro atoms. The Balaban J connectivity index is 1.76. The average molecular weight is 462 g/mol. The van der Waals surface area contributed by atoms with Crippen LogP contribution >= 0.6 is 0 Å². The quantitative estimate of drug-likeness (QED) is 0.336. The van der Waals surface area contributed by atoms with E-state index in [-0.39, 0.29) is 5.91 Å². The van der Waals surface area contributed by atoms with Gasteiger partial charge in [0.1, 0.15) is 16.9 Å². The Hall–Kier alpha value is -3.81. The minimum atomic E-state index is -0.227. The Morgan fingerprint density at radius 2 is 1.74 bits per heavy atom. The highest BCUT2D eigenvalue weighted by molar-refractivity contribution is 6.10. The summed E-state index contributed by atoms with van der Waals surface area (Å²) in [6.45, 7) is 3.16. The van der Waals surface area contributed by atoms with Crippen LogP contribution in [0.25, 0.3) is 22.2 Å². The minimum absolute atomic E-state index is 0.227. The smallest absolute Gasteiger partial charge is 0.257 e. The number of unbranched alkanes of at least 4 members (excludes halogenated alkanes) is 3. The lowest BCUT2D eigenvalue weighted by atomic mass is 10.2. The molecule has 0 unspecified atom stereocenters. The third-order valence-electron chi connectivity index (χ3n) is 5.92. The summed E-state index contributed by atoms with van der Waals surface area (Å²) in [6, 6.07) is 13.3. The van der Waals surface area contributed by atoms with Crippen molar-refractivity contribution in [2.24, 2.45) is 0 Å². The van der Waals surface area contributed by atoms with E-state index in [1.165, 1.54) is 0 Å². The summed E-state index contributed by atoms with van der Waals surface area (Å²) in [6.07, 6.45) is 4.31. The molecule has 0 saturated heterocycles. The van der Waals surface area contributed by atoms with Gasteiger partial charge in [-0.15, -0.1) is 0 Å². The summed E-state index contributed by atoms with van der Waals surface area (Å²) in [4.78, 5) is 22.8. The number of carbonyl (C=O) groups is 1. The van der Waals surface area contributed by atoms with Gasteiger partial charge in [0.2, 0.25) is 0 Å². The lowest BCUT2D eigenvalue weighted by Crippen LogP contribution is -2.25. The number of nitrogens with two attached hydrogens (primary N) is 1. The number of nitrogen functional groups attached to an aromatic ring is 1. The largest absolute Gasteiger partial charge is 0.493 e. The molecular formula is C26H31N5O3. The summed E-state index contributed by atoms with van der Waals surface area (Å²) in [5, 5.41) is 3.01. The summed E-state index contributed by atoms with van der Waals surface area (Å²) in [5.74, 6) is 1.38. The first-order valence-corrected chi connectivity index (χ1v) is 11.6. The van der Waals surface area contributed by atoms with Crippen LogP contribution in [0.1, 0.15) is 48.5 Å².